The van der Waals surface area contributed by atoms with Gasteiger partial charge in [0.15, 0.2) is 12.2 Å². The van der Waals surface area contributed by atoms with Crippen molar-refractivity contribution in [2.45, 2.75) is 37.6 Å². The van der Waals surface area contributed by atoms with Crippen molar-refractivity contribution in [2.24, 2.45) is 0 Å². The molecule has 2 heterocycles. The van der Waals surface area contributed by atoms with Gasteiger partial charge in [0.2, 0.25) is 10.0 Å². The van der Waals surface area contributed by atoms with Crippen LogP contribution in [0.15, 0.2) is 66.9 Å². The summed E-state index contributed by atoms with van der Waals surface area (Å²) in [7, 11) is -3.48. The van der Waals surface area contributed by atoms with E-state index in [1.54, 1.807) is 54.6 Å². The molecule has 4 N–H and O–H groups in total. The van der Waals surface area contributed by atoms with Gasteiger partial charge in [0.25, 0.3) is 11.8 Å². The number of carbonyl (C=O) groups is 2. The molecule has 0 spiro atoms. The van der Waals surface area contributed by atoms with Crippen molar-refractivity contribution >= 4 is 39.1 Å². The number of hydrogen-bond acceptors (Lipinski definition) is 7. The van der Waals surface area contributed by atoms with Gasteiger partial charge in [0, 0.05) is 29.9 Å². The van der Waals surface area contributed by atoms with Gasteiger partial charge in [-0.25, -0.2) is 8.42 Å². The molecule has 1 unspecified atom stereocenters. The molecule has 1 aliphatic rings. The molecular formula is C27H29ClN4O6S. The summed E-state index contributed by atoms with van der Waals surface area (Å²) in [6, 6.07) is 17.0. The number of hydrogen-bond donors (Lipinski definition) is 4. The lowest BCUT2D eigenvalue weighted by atomic mass is 10.0. The molecule has 1 saturated heterocycles. The van der Waals surface area contributed by atoms with E-state index in [1.165, 1.54) is 11.1 Å². The second-order valence-corrected chi connectivity index (χ2v) is 11.5. The highest BCUT2D eigenvalue weighted by Gasteiger charge is 2.38. The third-order valence-corrected chi connectivity index (χ3v) is 7.21. The molecule has 1 fully saturated rings. The quantitative estimate of drug-likeness (QED) is 0.308. The Morgan fingerprint density at radius 2 is 1.87 bits per heavy atom. The summed E-state index contributed by atoms with van der Waals surface area (Å²) in [5.74, 6) is -1.63. The number of benzene rings is 2. The van der Waals surface area contributed by atoms with Gasteiger partial charge in [-0.05, 0) is 48.2 Å². The third kappa shape index (κ3) is 7.12. The average molecular weight is 573 g/mol. The predicted molar refractivity (Wildman–Crippen MR) is 147 cm³/mol. The largest absolute Gasteiger partial charge is 0.380 e. The fraction of sp³-hybridized carbons (Fsp3) is 0.296. The lowest BCUT2D eigenvalue weighted by molar-refractivity contribution is -0.153. The second kappa shape index (κ2) is 12.1. The molecule has 0 saturated carbocycles. The van der Waals surface area contributed by atoms with Gasteiger partial charge < -0.3 is 20.4 Å². The molecule has 39 heavy (non-hydrogen) atoms. The molecule has 2 aromatic carbocycles. The number of amides is 2. The first-order valence-electron chi connectivity index (χ1n) is 12.3. The molecule has 3 aromatic rings. The smallest absolute Gasteiger partial charge is 0.255 e. The topological polar surface area (TPSA) is 149 Å². The molecule has 1 aliphatic heterocycles. The molecule has 0 bridgehead atoms. The number of halogens is 1. The Labute approximate surface area is 231 Å². The Hall–Kier alpha value is -3.51. The van der Waals surface area contributed by atoms with Crippen LogP contribution in [-0.2, 0) is 26.2 Å². The molecule has 10 nitrogen and oxygen atoms in total. The van der Waals surface area contributed by atoms with E-state index in [1.807, 2.05) is 6.07 Å². The summed E-state index contributed by atoms with van der Waals surface area (Å²) in [5.41, 5.74) is 2.89. The van der Waals surface area contributed by atoms with Crippen molar-refractivity contribution in [1.29, 1.82) is 0 Å². The monoisotopic (exact) mass is 572 g/mol. The minimum Gasteiger partial charge on any atom is -0.380 e. The first kappa shape index (κ1) is 28.5. The number of aliphatic hydroxyl groups excluding tert-OH is 2. The van der Waals surface area contributed by atoms with E-state index in [-0.39, 0.29) is 12.6 Å². The number of aromatic nitrogens is 1. The van der Waals surface area contributed by atoms with Crippen LogP contribution >= 0.6 is 11.6 Å². The zero-order valence-electron chi connectivity index (χ0n) is 21.1. The molecule has 206 valence electrons. The maximum atomic E-state index is 13.0. The van der Waals surface area contributed by atoms with E-state index in [2.05, 4.69) is 15.0 Å². The Bertz CT molecular complexity index is 1450. The van der Waals surface area contributed by atoms with Gasteiger partial charge in [0.1, 0.15) is 0 Å². The Morgan fingerprint density at radius 3 is 2.56 bits per heavy atom. The van der Waals surface area contributed by atoms with Gasteiger partial charge in [-0.2, -0.15) is 0 Å². The average Bonchev–Trinajstić information content (AvgIpc) is 3.40. The Morgan fingerprint density at radius 1 is 1.10 bits per heavy atom. The number of rotatable bonds is 9. The summed E-state index contributed by atoms with van der Waals surface area (Å²) in [6.45, 7) is 0.379. The van der Waals surface area contributed by atoms with Crippen LogP contribution in [0, 0.1) is 0 Å². The Balaban J connectivity index is 1.36. The van der Waals surface area contributed by atoms with Crippen LogP contribution in [-0.4, -0.2) is 65.3 Å². The van der Waals surface area contributed by atoms with Crippen molar-refractivity contribution in [1.82, 2.24) is 15.2 Å². The lowest BCUT2D eigenvalue weighted by Crippen LogP contribution is -2.50. The molecule has 0 aliphatic carbocycles. The molecule has 12 heteroatoms. The van der Waals surface area contributed by atoms with Crippen molar-refractivity contribution in [3.05, 3.63) is 83.0 Å². The van der Waals surface area contributed by atoms with Gasteiger partial charge in [-0.15, -0.1) is 0 Å². The van der Waals surface area contributed by atoms with E-state index in [0.717, 1.165) is 18.2 Å². The van der Waals surface area contributed by atoms with E-state index in [0.29, 0.717) is 40.5 Å². The summed E-state index contributed by atoms with van der Waals surface area (Å²) in [6.07, 6.45) is 0.0725. The molecule has 1 aromatic heterocycles. The van der Waals surface area contributed by atoms with Crippen molar-refractivity contribution < 1.29 is 28.2 Å². The SMILES string of the molecule is CS(=O)(=O)Nc1ccccc1-c1ccc(CNC(=O)[C@H](O)[C@@H](O)C(=O)N2CCCC2c2cccc(Cl)c2)cn1. The molecule has 3 atom stereocenters. The van der Waals surface area contributed by atoms with Crippen LogP contribution in [0.25, 0.3) is 11.3 Å². The van der Waals surface area contributed by atoms with Gasteiger partial charge in [0.05, 0.1) is 23.7 Å². The fourth-order valence-electron chi connectivity index (χ4n) is 4.52. The highest BCUT2D eigenvalue weighted by Crippen LogP contribution is 2.33. The standard InChI is InChI=1S/C27H29ClN4O6S/c1-39(37,38)31-22-9-3-2-8-20(22)21-12-11-17(15-29-21)16-30-26(35)24(33)25(34)27(36)32-13-5-10-23(32)18-6-4-7-19(28)14-18/h2-4,6-9,11-12,14-15,23-25,31,33-34H,5,10,13,16H2,1H3,(H,30,35)/t23?,24-,25-/m1/s1. The number of para-hydroxylation sites is 1. The third-order valence-electron chi connectivity index (χ3n) is 6.38. The number of pyridine rings is 1. The maximum absolute atomic E-state index is 13.0. The molecule has 0 radical (unpaired) electrons. The molecular weight excluding hydrogens is 544 g/mol. The number of carbonyl (C=O) groups excluding carboxylic acids is 2. The second-order valence-electron chi connectivity index (χ2n) is 9.32. The molecule has 2 amide bonds. The first-order chi connectivity index (χ1) is 18.5. The predicted octanol–water partition coefficient (Wildman–Crippen LogP) is 2.48. The lowest BCUT2D eigenvalue weighted by Gasteiger charge is -2.28. The van der Waals surface area contributed by atoms with Crippen LogP contribution in [0.2, 0.25) is 5.02 Å². The maximum Gasteiger partial charge on any atom is 0.255 e. The highest BCUT2D eigenvalue weighted by molar-refractivity contribution is 7.92. The van der Waals surface area contributed by atoms with Crippen LogP contribution in [0.1, 0.15) is 30.0 Å². The summed E-state index contributed by atoms with van der Waals surface area (Å²) >= 11 is 6.09. The number of anilines is 1. The minimum atomic E-state index is -3.48. The zero-order valence-corrected chi connectivity index (χ0v) is 22.7. The van der Waals surface area contributed by atoms with Gasteiger partial charge in [-0.1, -0.05) is 48.0 Å². The van der Waals surface area contributed by atoms with Crippen molar-refractivity contribution in [3.8, 4) is 11.3 Å². The summed E-state index contributed by atoms with van der Waals surface area (Å²) in [5, 5.41) is 24.0. The number of likely N-dealkylation sites (tertiary alicyclic amines) is 1. The number of nitrogens with zero attached hydrogens (tertiary/aromatic N) is 2. The Kier molecular flexibility index (Phi) is 8.86. The zero-order chi connectivity index (χ0) is 28.2. The van der Waals surface area contributed by atoms with Crippen LogP contribution in [0.5, 0.6) is 0 Å². The van der Waals surface area contributed by atoms with Crippen LogP contribution < -0.4 is 10.0 Å². The van der Waals surface area contributed by atoms with E-state index < -0.39 is 34.0 Å². The number of aliphatic hydroxyl groups is 2. The van der Waals surface area contributed by atoms with E-state index in [4.69, 9.17) is 11.6 Å². The summed E-state index contributed by atoms with van der Waals surface area (Å²) < 4.78 is 25.8. The number of sulfonamides is 1. The first-order valence-corrected chi connectivity index (χ1v) is 14.5. The van der Waals surface area contributed by atoms with Gasteiger partial charge in [-0.3, -0.25) is 19.3 Å². The minimum absolute atomic E-state index is 0.0117. The number of nitrogens with one attached hydrogen (secondary N) is 2. The van der Waals surface area contributed by atoms with E-state index in [9.17, 15) is 28.2 Å². The fourth-order valence-corrected chi connectivity index (χ4v) is 5.29. The summed E-state index contributed by atoms with van der Waals surface area (Å²) in [4.78, 5) is 31.3. The highest BCUT2D eigenvalue weighted by atomic mass is 35.5. The van der Waals surface area contributed by atoms with Crippen LogP contribution in [0.3, 0.4) is 0 Å². The van der Waals surface area contributed by atoms with Gasteiger partial charge >= 0.3 is 0 Å². The van der Waals surface area contributed by atoms with Crippen molar-refractivity contribution in [2.75, 3.05) is 17.5 Å². The van der Waals surface area contributed by atoms with Crippen molar-refractivity contribution in [3.63, 3.8) is 0 Å². The van der Waals surface area contributed by atoms with Crippen LogP contribution in [0.4, 0.5) is 5.69 Å². The van der Waals surface area contributed by atoms with E-state index >= 15 is 0 Å². The molecule has 4 rings (SSSR count). The normalized spacial score (nSPS) is 16.9.